The minimum atomic E-state index is 0.560. The first-order valence-electron chi connectivity index (χ1n) is 5.48. The Morgan fingerprint density at radius 1 is 1.57 bits per heavy atom. The van der Waals surface area contributed by atoms with Gasteiger partial charge in [0.15, 0.2) is 0 Å². The molecule has 2 aliphatic rings. The lowest BCUT2D eigenvalue weighted by molar-refractivity contribution is 0.308. The summed E-state index contributed by atoms with van der Waals surface area (Å²) in [6.45, 7) is 5.55. The Bertz CT molecular complexity index is 363. The topological polar surface area (TPSA) is 29.9 Å². The van der Waals surface area contributed by atoms with Gasteiger partial charge in [-0.25, -0.2) is 4.98 Å². The maximum absolute atomic E-state index is 4.49. The zero-order valence-electron chi connectivity index (χ0n) is 8.88. The van der Waals surface area contributed by atoms with Gasteiger partial charge in [0.1, 0.15) is 0 Å². The predicted molar refractivity (Wildman–Crippen MR) is 56.4 cm³/mol. The molecule has 1 aliphatic heterocycles. The van der Waals surface area contributed by atoms with E-state index in [0.717, 1.165) is 18.2 Å². The first-order valence-corrected chi connectivity index (χ1v) is 5.48. The fraction of sp³-hybridized carbons (Fsp3) is 0.727. The molecule has 3 rings (SSSR count). The van der Waals surface area contributed by atoms with Gasteiger partial charge in [-0.1, -0.05) is 6.92 Å². The Balaban J connectivity index is 2.02. The maximum Gasteiger partial charge on any atom is 0.203 e. The van der Waals surface area contributed by atoms with Crippen molar-refractivity contribution in [1.82, 2.24) is 9.55 Å². The van der Waals surface area contributed by atoms with E-state index in [1.54, 1.807) is 0 Å². The number of rotatable bonds is 1. The molecule has 1 aromatic rings. The van der Waals surface area contributed by atoms with E-state index in [0.29, 0.717) is 11.5 Å². The van der Waals surface area contributed by atoms with Crippen molar-refractivity contribution in [1.29, 1.82) is 0 Å². The zero-order chi connectivity index (χ0) is 9.76. The highest BCUT2D eigenvalue weighted by atomic mass is 15.2. The van der Waals surface area contributed by atoms with Crippen LogP contribution in [0.25, 0.3) is 0 Å². The predicted octanol–water partition coefficient (Wildman–Crippen LogP) is 2.35. The number of nitrogens with zero attached hydrogens (tertiary/aromatic N) is 2. The Hall–Kier alpha value is -0.990. The van der Waals surface area contributed by atoms with Gasteiger partial charge in [0.2, 0.25) is 5.95 Å². The van der Waals surface area contributed by atoms with Gasteiger partial charge < -0.3 is 9.88 Å². The highest BCUT2D eigenvalue weighted by molar-refractivity contribution is 5.32. The fourth-order valence-corrected chi connectivity index (χ4v) is 2.56. The first-order chi connectivity index (χ1) is 6.69. The average molecular weight is 191 g/mol. The number of fused-ring (bicyclic) bond motifs is 1. The number of aryl methyl sites for hydroxylation is 1. The molecule has 1 fully saturated rings. The molecule has 3 nitrogen and oxygen atoms in total. The Labute approximate surface area is 84.5 Å². The molecule has 0 amide bonds. The molecule has 0 aromatic carbocycles. The summed E-state index contributed by atoms with van der Waals surface area (Å²) in [5.41, 5.74) is 1.69. The van der Waals surface area contributed by atoms with Crippen molar-refractivity contribution in [3.05, 3.63) is 11.9 Å². The summed E-state index contributed by atoms with van der Waals surface area (Å²) in [6, 6.07) is 0.681. The summed E-state index contributed by atoms with van der Waals surface area (Å²) < 4.78 is 2.35. The smallest absolute Gasteiger partial charge is 0.203 e. The van der Waals surface area contributed by atoms with Crippen LogP contribution in [0, 0.1) is 12.3 Å². The number of imidazole rings is 1. The number of hydrogen-bond acceptors (Lipinski definition) is 2. The van der Waals surface area contributed by atoms with Crippen LogP contribution < -0.4 is 5.32 Å². The van der Waals surface area contributed by atoms with Gasteiger partial charge in [-0.05, 0) is 31.6 Å². The van der Waals surface area contributed by atoms with E-state index in [1.807, 2.05) is 0 Å². The van der Waals surface area contributed by atoms with Crippen LogP contribution in [0.4, 0.5) is 5.95 Å². The van der Waals surface area contributed by atoms with E-state index in [9.17, 15) is 0 Å². The van der Waals surface area contributed by atoms with Crippen molar-refractivity contribution in [2.24, 2.45) is 5.41 Å². The summed E-state index contributed by atoms with van der Waals surface area (Å²) in [5, 5.41) is 3.37. The van der Waals surface area contributed by atoms with Gasteiger partial charge in [-0.2, -0.15) is 0 Å². The lowest BCUT2D eigenvalue weighted by Gasteiger charge is -2.30. The van der Waals surface area contributed by atoms with Crippen LogP contribution in [-0.2, 0) is 0 Å². The molecule has 1 saturated carbocycles. The largest absolute Gasteiger partial charge is 0.356 e. The van der Waals surface area contributed by atoms with Crippen molar-refractivity contribution < 1.29 is 0 Å². The first kappa shape index (κ1) is 8.33. The van der Waals surface area contributed by atoms with Crippen molar-refractivity contribution >= 4 is 5.95 Å². The molecule has 76 valence electrons. The minimum absolute atomic E-state index is 0.560. The van der Waals surface area contributed by atoms with Crippen LogP contribution in [-0.4, -0.2) is 16.1 Å². The van der Waals surface area contributed by atoms with Gasteiger partial charge in [-0.3, -0.25) is 0 Å². The third-order valence-corrected chi connectivity index (χ3v) is 3.73. The van der Waals surface area contributed by atoms with Crippen LogP contribution in [0.2, 0.25) is 0 Å². The molecular formula is C11H17N3. The quantitative estimate of drug-likeness (QED) is 0.738. The number of nitrogens with one attached hydrogen (secondary N) is 1. The molecule has 1 atom stereocenters. The van der Waals surface area contributed by atoms with Gasteiger partial charge in [0.25, 0.3) is 0 Å². The van der Waals surface area contributed by atoms with Crippen LogP contribution in [0.15, 0.2) is 6.20 Å². The van der Waals surface area contributed by atoms with E-state index in [4.69, 9.17) is 0 Å². The SMILES string of the molecule is Cc1cn2c(n1)NCCC2C1(C)CC1. The van der Waals surface area contributed by atoms with Crippen molar-refractivity contribution in [3.63, 3.8) is 0 Å². The summed E-state index contributed by atoms with van der Waals surface area (Å²) in [5.74, 6) is 1.08. The second kappa shape index (κ2) is 2.53. The molecule has 2 heterocycles. The Morgan fingerprint density at radius 2 is 2.36 bits per heavy atom. The molecule has 0 bridgehead atoms. The second-order valence-corrected chi connectivity index (χ2v) is 5.00. The third kappa shape index (κ3) is 1.08. The average Bonchev–Trinajstić information content (AvgIpc) is 2.78. The Kier molecular flexibility index (Phi) is 1.50. The lowest BCUT2D eigenvalue weighted by Crippen LogP contribution is -2.27. The fourth-order valence-electron chi connectivity index (χ4n) is 2.56. The maximum atomic E-state index is 4.49. The third-order valence-electron chi connectivity index (χ3n) is 3.73. The summed E-state index contributed by atoms with van der Waals surface area (Å²) in [7, 11) is 0. The number of aromatic nitrogens is 2. The standard InChI is InChI=1S/C11H17N3/c1-8-7-14-9(11(2)4-5-11)3-6-12-10(14)13-8/h7,9H,3-6H2,1-2H3,(H,12,13). The summed E-state index contributed by atoms with van der Waals surface area (Å²) >= 11 is 0. The number of hydrogen-bond donors (Lipinski definition) is 1. The Morgan fingerprint density at radius 3 is 3.07 bits per heavy atom. The van der Waals surface area contributed by atoms with Gasteiger partial charge in [-0.15, -0.1) is 0 Å². The molecule has 0 spiro atoms. The second-order valence-electron chi connectivity index (χ2n) is 5.00. The molecule has 0 saturated heterocycles. The summed E-state index contributed by atoms with van der Waals surface area (Å²) in [6.07, 6.45) is 6.21. The number of anilines is 1. The molecule has 1 aromatic heterocycles. The minimum Gasteiger partial charge on any atom is -0.356 e. The van der Waals surface area contributed by atoms with Crippen LogP contribution >= 0.6 is 0 Å². The molecule has 1 unspecified atom stereocenters. The van der Waals surface area contributed by atoms with Gasteiger partial charge in [0.05, 0.1) is 5.69 Å². The molecule has 14 heavy (non-hydrogen) atoms. The molecular weight excluding hydrogens is 174 g/mol. The lowest BCUT2D eigenvalue weighted by atomic mass is 9.94. The van der Waals surface area contributed by atoms with Crippen LogP contribution in [0.1, 0.15) is 37.9 Å². The van der Waals surface area contributed by atoms with E-state index < -0.39 is 0 Å². The van der Waals surface area contributed by atoms with E-state index in [1.165, 1.54) is 19.3 Å². The molecule has 1 N–H and O–H groups in total. The molecule has 0 radical (unpaired) electrons. The van der Waals surface area contributed by atoms with Crippen molar-refractivity contribution in [2.45, 2.75) is 39.2 Å². The van der Waals surface area contributed by atoms with E-state index in [-0.39, 0.29) is 0 Å². The van der Waals surface area contributed by atoms with Crippen molar-refractivity contribution in [3.8, 4) is 0 Å². The van der Waals surface area contributed by atoms with E-state index >= 15 is 0 Å². The molecule has 1 aliphatic carbocycles. The zero-order valence-corrected chi connectivity index (χ0v) is 8.88. The van der Waals surface area contributed by atoms with Crippen molar-refractivity contribution in [2.75, 3.05) is 11.9 Å². The highest BCUT2D eigenvalue weighted by Gasteiger charge is 2.46. The van der Waals surface area contributed by atoms with Gasteiger partial charge in [0, 0.05) is 18.8 Å². The normalized spacial score (nSPS) is 28.0. The van der Waals surface area contributed by atoms with Gasteiger partial charge >= 0.3 is 0 Å². The van der Waals surface area contributed by atoms with Crippen LogP contribution in [0.5, 0.6) is 0 Å². The van der Waals surface area contributed by atoms with Crippen LogP contribution in [0.3, 0.4) is 0 Å². The monoisotopic (exact) mass is 191 g/mol. The molecule has 3 heteroatoms. The summed E-state index contributed by atoms with van der Waals surface area (Å²) in [4.78, 5) is 4.49. The highest BCUT2D eigenvalue weighted by Crippen LogP contribution is 2.56. The van der Waals surface area contributed by atoms with E-state index in [2.05, 4.69) is 34.9 Å².